The molecule has 65 heavy (non-hydrogen) atoms. The molecule has 15 heteroatoms. The average Bonchev–Trinajstić information content (AvgIpc) is 3.88. The summed E-state index contributed by atoms with van der Waals surface area (Å²) in [5.41, 5.74) is 1.76. The van der Waals surface area contributed by atoms with E-state index < -0.39 is 77.1 Å². The Morgan fingerprint density at radius 2 is 1.58 bits per heavy atom. The minimum absolute atomic E-state index is 0.000910. The Bertz CT molecular complexity index is 2330. The van der Waals surface area contributed by atoms with Gasteiger partial charge in [-0.15, -0.1) is 0 Å². The molecule has 2 amide bonds. The highest BCUT2D eigenvalue weighted by atomic mass is 16.8. The normalized spacial score (nSPS) is 24.8. The Balaban J connectivity index is 1.07. The lowest BCUT2D eigenvalue weighted by Crippen LogP contribution is -2.69. The van der Waals surface area contributed by atoms with Gasteiger partial charge in [-0.3, -0.25) is 24.0 Å². The van der Waals surface area contributed by atoms with Crippen molar-refractivity contribution in [3.8, 4) is 0 Å². The van der Waals surface area contributed by atoms with Crippen LogP contribution in [0.3, 0.4) is 0 Å². The second-order valence-corrected chi connectivity index (χ2v) is 17.7. The maximum absolute atomic E-state index is 15.1. The van der Waals surface area contributed by atoms with E-state index in [0.717, 1.165) is 22.3 Å². The van der Waals surface area contributed by atoms with Crippen LogP contribution in [0.5, 0.6) is 0 Å². The van der Waals surface area contributed by atoms with Gasteiger partial charge < -0.3 is 44.5 Å². The van der Waals surface area contributed by atoms with Crippen molar-refractivity contribution in [2.45, 2.75) is 101 Å². The van der Waals surface area contributed by atoms with Gasteiger partial charge >= 0.3 is 11.9 Å². The van der Waals surface area contributed by atoms with Crippen molar-refractivity contribution in [3.05, 3.63) is 149 Å². The van der Waals surface area contributed by atoms with Crippen LogP contribution in [0.4, 0.5) is 0 Å². The Morgan fingerprint density at radius 1 is 0.892 bits per heavy atom. The second kappa shape index (κ2) is 19.3. The Morgan fingerprint density at radius 3 is 2.28 bits per heavy atom. The fourth-order valence-electron chi connectivity index (χ4n) is 9.24. The molecule has 3 aliphatic heterocycles. The summed E-state index contributed by atoms with van der Waals surface area (Å²) < 4.78 is 31.0. The predicted molar refractivity (Wildman–Crippen MR) is 235 cm³/mol. The molecule has 3 saturated heterocycles. The van der Waals surface area contributed by atoms with Gasteiger partial charge in [-0.2, -0.15) is 5.06 Å². The molecule has 4 aliphatic rings. The van der Waals surface area contributed by atoms with E-state index in [1.807, 2.05) is 84.9 Å². The standard InChI is InChI=1S/C50H55N3O12/c1-48(2,3)62-40(56)21-20-38(31-55)52-45(57)35-15-11-13-33(27-35)29-51-47(59)49-28-39-41-42(64-50(63-41,36-16-6-4-7-17-36)37-18-8-5-9-19-37)44(49)65-53(43(49)46(58)61-39)30-34-14-10-12-32(26-34)22-24-60-25-23-54/h4-19,22,24,26-27,38-39,41-44,54-55H,20-21,23,25,28-31H2,1-3H3,(H,51,59)(H,52,57). The van der Waals surface area contributed by atoms with Crippen molar-refractivity contribution in [2.75, 3.05) is 19.8 Å². The lowest BCUT2D eigenvalue weighted by Gasteiger charge is -2.48. The molecule has 4 fully saturated rings. The molecule has 342 valence electrons. The van der Waals surface area contributed by atoms with Crippen LogP contribution in [-0.4, -0.2) is 101 Å². The predicted octanol–water partition coefficient (Wildman–Crippen LogP) is 4.68. The number of hydrogen-bond acceptors (Lipinski definition) is 13. The molecule has 4 aromatic rings. The number of carbonyl (C=O) groups excluding carboxylic acids is 4. The minimum atomic E-state index is -1.50. The van der Waals surface area contributed by atoms with Gasteiger partial charge in [0.15, 0.2) is 6.04 Å². The smallest absolute Gasteiger partial charge is 0.327 e. The first kappa shape index (κ1) is 45.6. The van der Waals surface area contributed by atoms with Crippen molar-refractivity contribution in [1.29, 1.82) is 0 Å². The van der Waals surface area contributed by atoms with E-state index in [9.17, 15) is 19.5 Å². The summed E-state index contributed by atoms with van der Waals surface area (Å²) >= 11 is 0. The number of aliphatic hydroxyl groups is 2. The van der Waals surface area contributed by atoms with E-state index in [2.05, 4.69) is 10.6 Å². The molecule has 1 saturated carbocycles. The summed E-state index contributed by atoms with van der Waals surface area (Å²) in [4.78, 5) is 62.1. The monoisotopic (exact) mass is 889 g/mol. The molecule has 7 unspecified atom stereocenters. The van der Waals surface area contributed by atoms with E-state index >= 15 is 4.79 Å². The summed E-state index contributed by atoms with van der Waals surface area (Å²) in [6.45, 7) is 5.07. The SMILES string of the molecule is CC(C)(C)OC(=O)CCC(CO)NC(=O)c1cccc(CNC(=O)C23CC4OC(=O)C2N(Cc2cccc(C=COCCO)c2)OC3C2OC(c3ccccc3)(c3ccccc3)OC42)c1. The van der Waals surface area contributed by atoms with Gasteiger partial charge in [0, 0.05) is 36.1 Å². The molecule has 4 N–H and O–H groups in total. The molecule has 8 rings (SSSR count). The van der Waals surface area contributed by atoms with Crippen LogP contribution < -0.4 is 10.6 Å². The van der Waals surface area contributed by atoms with Crippen LogP contribution in [0.15, 0.2) is 115 Å². The van der Waals surface area contributed by atoms with E-state index in [1.54, 1.807) is 51.1 Å². The van der Waals surface area contributed by atoms with Crippen LogP contribution in [-0.2, 0) is 61.8 Å². The largest absolute Gasteiger partial charge is 0.499 e. The molecule has 0 spiro atoms. The van der Waals surface area contributed by atoms with E-state index in [0.29, 0.717) is 5.56 Å². The van der Waals surface area contributed by atoms with E-state index in [1.165, 1.54) is 11.3 Å². The summed E-state index contributed by atoms with van der Waals surface area (Å²) in [6, 6.07) is 31.4. The highest BCUT2D eigenvalue weighted by Crippen LogP contribution is 2.59. The molecule has 0 aromatic heterocycles. The lowest BCUT2D eigenvalue weighted by atomic mass is 9.62. The van der Waals surface area contributed by atoms with Gasteiger partial charge in [0.05, 0.1) is 32.1 Å². The number of nitrogens with zero attached hydrogens (tertiary/aromatic N) is 1. The van der Waals surface area contributed by atoms with Crippen molar-refractivity contribution in [1.82, 2.24) is 15.7 Å². The van der Waals surface area contributed by atoms with Crippen molar-refractivity contribution >= 4 is 29.8 Å². The zero-order valence-electron chi connectivity index (χ0n) is 36.6. The fourth-order valence-corrected chi connectivity index (χ4v) is 9.24. The number of nitrogens with one attached hydrogen (secondary N) is 2. The van der Waals surface area contributed by atoms with Crippen LogP contribution in [0.1, 0.15) is 78.2 Å². The highest BCUT2D eigenvalue weighted by Gasteiger charge is 2.76. The molecule has 7 atom stereocenters. The van der Waals surface area contributed by atoms with Gasteiger partial charge in [-0.1, -0.05) is 97.1 Å². The number of fused-ring (bicyclic) bond motifs is 4. The molecule has 3 heterocycles. The number of rotatable bonds is 17. The Labute approximate surface area is 377 Å². The van der Waals surface area contributed by atoms with Crippen LogP contribution >= 0.6 is 0 Å². The summed E-state index contributed by atoms with van der Waals surface area (Å²) in [5, 5.41) is 26.5. The van der Waals surface area contributed by atoms with E-state index in [-0.39, 0.29) is 57.7 Å². The zero-order valence-corrected chi connectivity index (χ0v) is 36.6. The Kier molecular flexibility index (Phi) is 13.5. The molecule has 0 radical (unpaired) electrons. The average molecular weight is 890 g/mol. The third-order valence-electron chi connectivity index (χ3n) is 12.1. The maximum atomic E-state index is 15.1. The van der Waals surface area contributed by atoms with Gasteiger partial charge in [0.2, 0.25) is 11.7 Å². The van der Waals surface area contributed by atoms with Crippen LogP contribution in [0, 0.1) is 5.41 Å². The van der Waals surface area contributed by atoms with Gasteiger partial charge in [0.25, 0.3) is 5.91 Å². The van der Waals surface area contributed by atoms with Crippen molar-refractivity contribution in [3.63, 3.8) is 0 Å². The molecular weight excluding hydrogens is 835 g/mol. The number of ether oxygens (including phenoxy) is 5. The summed E-state index contributed by atoms with van der Waals surface area (Å²) in [6.07, 6.45) is -0.0112. The highest BCUT2D eigenvalue weighted by molar-refractivity contribution is 5.95. The minimum Gasteiger partial charge on any atom is -0.499 e. The topological polar surface area (TPSA) is 191 Å². The van der Waals surface area contributed by atoms with Crippen molar-refractivity contribution < 1.29 is 57.9 Å². The first-order chi connectivity index (χ1) is 31.3. The number of amides is 2. The number of esters is 2. The number of hydroxylamine groups is 2. The van der Waals surface area contributed by atoms with Crippen LogP contribution in [0.2, 0.25) is 0 Å². The van der Waals surface area contributed by atoms with Crippen LogP contribution in [0.25, 0.3) is 6.08 Å². The number of carbonyl (C=O) groups is 4. The third kappa shape index (κ3) is 9.57. The van der Waals surface area contributed by atoms with Crippen molar-refractivity contribution in [2.24, 2.45) is 5.41 Å². The number of benzene rings is 4. The second-order valence-electron chi connectivity index (χ2n) is 17.7. The van der Waals surface area contributed by atoms with Gasteiger partial charge in [-0.25, -0.2) is 0 Å². The lowest BCUT2D eigenvalue weighted by molar-refractivity contribution is -0.213. The number of hydrogen-bond donors (Lipinski definition) is 4. The molecule has 4 aromatic carbocycles. The molecular formula is C50H55N3O12. The van der Waals surface area contributed by atoms with E-state index in [4.69, 9.17) is 33.6 Å². The molecule has 15 nitrogen and oxygen atoms in total. The fraction of sp³-hybridized carbons (Fsp3) is 0.400. The summed E-state index contributed by atoms with van der Waals surface area (Å²) in [5.74, 6) is -3.40. The zero-order chi connectivity index (χ0) is 45.8. The van der Waals surface area contributed by atoms with Gasteiger partial charge in [0.1, 0.15) is 42.0 Å². The molecule has 1 aliphatic carbocycles. The third-order valence-corrected chi connectivity index (χ3v) is 12.1. The first-order valence-corrected chi connectivity index (χ1v) is 21.9. The maximum Gasteiger partial charge on any atom is 0.327 e. The quantitative estimate of drug-likeness (QED) is 0.0650. The van der Waals surface area contributed by atoms with Gasteiger partial charge in [-0.05, 0) is 62.1 Å². The Hall–Kier alpha value is -5.94. The summed E-state index contributed by atoms with van der Waals surface area (Å²) in [7, 11) is 0. The molecule has 2 bridgehead atoms. The first-order valence-electron chi connectivity index (χ1n) is 21.9. The number of aliphatic hydroxyl groups excluding tert-OH is 2.